The fourth-order valence-electron chi connectivity index (χ4n) is 2.67. The summed E-state index contributed by atoms with van der Waals surface area (Å²) >= 11 is 6.32. The lowest BCUT2D eigenvalue weighted by atomic mass is 9.97. The van der Waals surface area contributed by atoms with Crippen LogP contribution in [0.5, 0.6) is 0 Å². The molecule has 0 amide bonds. The summed E-state index contributed by atoms with van der Waals surface area (Å²) in [5, 5.41) is 13.0. The maximum atomic E-state index is 9.09. The SMILES string of the molecule is CCCN(CC1CCNCC1)c1nccc(C#N)c1Cl. The highest BCUT2D eigenvalue weighted by Gasteiger charge is 2.20. The van der Waals surface area contributed by atoms with Crippen molar-refractivity contribution in [3.8, 4) is 6.07 Å². The molecule has 0 unspecified atom stereocenters. The largest absolute Gasteiger partial charge is 0.355 e. The molecule has 108 valence electrons. The monoisotopic (exact) mass is 292 g/mol. The summed E-state index contributed by atoms with van der Waals surface area (Å²) in [7, 11) is 0. The van der Waals surface area contributed by atoms with Crippen molar-refractivity contribution in [3.63, 3.8) is 0 Å². The molecule has 0 aromatic carbocycles. The average Bonchev–Trinajstić information content (AvgIpc) is 2.48. The summed E-state index contributed by atoms with van der Waals surface area (Å²) in [5.41, 5.74) is 0.503. The van der Waals surface area contributed by atoms with E-state index in [1.807, 2.05) is 0 Å². The fourth-order valence-corrected chi connectivity index (χ4v) is 2.94. The normalized spacial score (nSPS) is 15.8. The van der Waals surface area contributed by atoms with Crippen LogP contribution >= 0.6 is 11.6 Å². The van der Waals surface area contributed by atoms with Crippen LogP contribution in [0.25, 0.3) is 0 Å². The molecule has 0 spiro atoms. The van der Waals surface area contributed by atoms with Gasteiger partial charge in [0.05, 0.1) is 5.56 Å². The predicted octanol–water partition coefficient (Wildman–Crippen LogP) is 2.82. The first-order valence-corrected chi connectivity index (χ1v) is 7.64. The number of nitrogens with one attached hydrogen (secondary N) is 1. The number of hydrogen-bond donors (Lipinski definition) is 1. The summed E-state index contributed by atoms with van der Waals surface area (Å²) in [6.07, 6.45) is 5.09. The Morgan fingerprint density at radius 2 is 2.25 bits per heavy atom. The molecular formula is C15H21ClN4. The van der Waals surface area contributed by atoms with Gasteiger partial charge in [-0.3, -0.25) is 0 Å². The third kappa shape index (κ3) is 3.62. The van der Waals surface area contributed by atoms with Crippen LogP contribution in [0.15, 0.2) is 12.3 Å². The molecule has 1 aromatic heterocycles. The summed E-state index contributed by atoms with van der Waals surface area (Å²) in [6.45, 7) is 6.22. The Morgan fingerprint density at radius 3 is 2.90 bits per heavy atom. The molecule has 0 aliphatic carbocycles. The molecular weight excluding hydrogens is 272 g/mol. The lowest BCUT2D eigenvalue weighted by molar-refractivity contribution is 0.372. The van der Waals surface area contributed by atoms with Crippen LogP contribution < -0.4 is 10.2 Å². The van der Waals surface area contributed by atoms with Gasteiger partial charge in [-0.1, -0.05) is 18.5 Å². The molecule has 1 saturated heterocycles. The summed E-state index contributed by atoms with van der Waals surface area (Å²) in [5.74, 6) is 1.43. The van der Waals surface area contributed by atoms with Crippen LogP contribution in [-0.4, -0.2) is 31.2 Å². The number of rotatable bonds is 5. The van der Waals surface area contributed by atoms with Crippen LogP contribution in [0.4, 0.5) is 5.82 Å². The Bertz CT molecular complexity index is 477. The molecule has 20 heavy (non-hydrogen) atoms. The molecule has 4 nitrogen and oxygen atoms in total. The summed E-state index contributed by atoms with van der Waals surface area (Å²) in [6, 6.07) is 3.79. The zero-order valence-electron chi connectivity index (χ0n) is 11.9. The van der Waals surface area contributed by atoms with E-state index in [4.69, 9.17) is 16.9 Å². The van der Waals surface area contributed by atoms with E-state index in [0.29, 0.717) is 16.5 Å². The van der Waals surface area contributed by atoms with E-state index in [0.717, 1.165) is 38.4 Å². The minimum atomic E-state index is 0.484. The molecule has 5 heteroatoms. The van der Waals surface area contributed by atoms with Gasteiger partial charge in [-0.05, 0) is 44.3 Å². The van der Waals surface area contributed by atoms with Gasteiger partial charge in [0, 0.05) is 19.3 Å². The Labute approximate surface area is 125 Å². The van der Waals surface area contributed by atoms with E-state index in [2.05, 4.69) is 28.2 Å². The minimum Gasteiger partial charge on any atom is -0.355 e. The van der Waals surface area contributed by atoms with Crippen LogP contribution in [0.2, 0.25) is 5.02 Å². The highest BCUT2D eigenvalue weighted by molar-refractivity contribution is 6.34. The number of aromatic nitrogens is 1. The zero-order chi connectivity index (χ0) is 14.4. The van der Waals surface area contributed by atoms with Gasteiger partial charge < -0.3 is 10.2 Å². The first kappa shape index (κ1) is 15.1. The number of nitrogens with zero attached hydrogens (tertiary/aromatic N) is 3. The Kier molecular flexibility index (Phi) is 5.63. The summed E-state index contributed by atoms with van der Waals surface area (Å²) < 4.78 is 0. The van der Waals surface area contributed by atoms with E-state index < -0.39 is 0 Å². The maximum absolute atomic E-state index is 9.09. The van der Waals surface area contributed by atoms with Crippen molar-refractivity contribution in [3.05, 3.63) is 22.8 Å². The van der Waals surface area contributed by atoms with E-state index in [-0.39, 0.29) is 0 Å². The number of halogens is 1. The standard InChI is InChI=1S/C15H21ClN4/c1-2-9-20(11-12-3-6-18-7-4-12)15-14(16)13(10-17)5-8-19-15/h5,8,12,18H,2-4,6-7,9,11H2,1H3. The topological polar surface area (TPSA) is 52.0 Å². The number of anilines is 1. The molecule has 0 radical (unpaired) electrons. The van der Waals surface area contributed by atoms with Crippen LogP contribution in [0, 0.1) is 17.2 Å². The van der Waals surface area contributed by atoms with Crippen molar-refractivity contribution in [1.29, 1.82) is 5.26 Å². The van der Waals surface area contributed by atoms with Crippen molar-refractivity contribution < 1.29 is 0 Å². The molecule has 0 bridgehead atoms. The zero-order valence-corrected chi connectivity index (χ0v) is 12.7. The molecule has 1 fully saturated rings. The first-order chi connectivity index (χ1) is 9.76. The van der Waals surface area contributed by atoms with Crippen molar-refractivity contribution in [1.82, 2.24) is 10.3 Å². The molecule has 0 saturated carbocycles. The Balaban J connectivity index is 2.17. The van der Waals surface area contributed by atoms with Gasteiger partial charge in [-0.15, -0.1) is 0 Å². The van der Waals surface area contributed by atoms with E-state index in [1.54, 1.807) is 12.3 Å². The third-order valence-corrected chi connectivity index (χ3v) is 4.09. The first-order valence-electron chi connectivity index (χ1n) is 7.26. The van der Waals surface area contributed by atoms with Gasteiger partial charge in [0.25, 0.3) is 0 Å². The highest BCUT2D eigenvalue weighted by Crippen LogP contribution is 2.28. The van der Waals surface area contributed by atoms with Crippen LogP contribution in [-0.2, 0) is 0 Å². The van der Waals surface area contributed by atoms with Gasteiger partial charge in [-0.25, -0.2) is 4.98 Å². The van der Waals surface area contributed by atoms with Crippen LogP contribution in [0.3, 0.4) is 0 Å². The smallest absolute Gasteiger partial charge is 0.148 e. The molecule has 0 atom stereocenters. The molecule has 2 heterocycles. The van der Waals surface area contributed by atoms with E-state index >= 15 is 0 Å². The minimum absolute atomic E-state index is 0.484. The van der Waals surface area contributed by atoms with Crippen molar-refractivity contribution in [2.24, 2.45) is 5.92 Å². The molecule has 1 aliphatic rings. The van der Waals surface area contributed by atoms with Gasteiger partial charge in [-0.2, -0.15) is 5.26 Å². The Hall–Kier alpha value is -1.31. The second-order valence-electron chi connectivity index (χ2n) is 5.25. The van der Waals surface area contributed by atoms with Gasteiger partial charge in [0.1, 0.15) is 16.9 Å². The van der Waals surface area contributed by atoms with Crippen molar-refractivity contribution in [2.45, 2.75) is 26.2 Å². The number of piperidine rings is 1. The quantitative estimate of drug-likeness (QED) is 0.907. The second-order valence-corrected chi connectivity index (χ2v) is 5.63. The predicted molar refractivity (Wildman–Crippen MR) is 82.1 cm³/mol. The van der Waals surface area contributed by atoms with Crippen LogP contribution in [0.1, 0.15) is 31.7 Å². The lowest BCUT2D eigenvalue weighted by Crippen LogP contribution is -2.37. The fraction of sp³-hybridized carbons (Fsp3) is 0.600. The average molecular weight is 293 g/mol. The van der Waals surface area contributed by atoms with Gasteiger partial charge in [0.15, 0.2) is 0 Å². The molecule has 1 aromatic rings. The third-order valence-electron chi connectivity index (χ3n) is 3.72. The maximum Gasteiger partial charge on any atom is 0.148 e. The second kappa shape index (κ2) is 7.47. The molecule has 1 aliphatic heterocycles. The number of pyridine rings is 1. The summed E-state index contributed by atoms with van der Waals surface area (Å²) in [4.78, 5) is 6.63. The molecule has 2 rings (SSSR count). The molecule has 1 N–H and O–H groups in total. The van der Waals surface area contributed by atoms with Crippen molar-refractivity contribution in [2.75, 3.05) is 31.1 Å². The van der Waals surface area contributed by atoms with E-state index in [1.165, 1.54) is 12.8 Å². The highest BCUT2D eigenvalue weighted by atomic mass is 35.5. The van der Waals surface area contributed by atoms with E-state index in [9.17, 15) is 0 Å². The van der Waals surface area contributed by atoms with Crippen molar-refractivity contribution >= 4 is 17.4 Å². The number of hydrogen-bond acceptors (Lipinski definition) is 4. The number of nitriles is 1. The lowest BCUT2D eigenvalue weighted by Gasteiger charge is -2.31. The Morgan fingerprint density at radius 1 is 1.50 bits per heavy atom. The van der Waals surface area contributed by atoms with Gasteiger partial charge in [0.2, 0.25) is 0 Å². The van der Waals surface area contributed by atoms with Gasteiger partial charge >= 0.3 is 0 Å².